The van der Waals surface area contributed by atoms with Crippen LogP contribution in [0.1, 0.15) is 37.7 Å². The lowest BCUT2D eigenvalue weighted by molar-refractivity contribution is -0.385. The zero-order valence-electron chi connectivity index (χ0n) is 19.7. The maximum absolute atomic E-state index is 13.6. The molecule has 0 aliphatic rings. The minimum atomic E-state index is -0.569. The first kappa shape index (κ1) is 25.2. The van der Waals surface area contributed by atoms with E-state index in [9.17, 15) is 19.3 Å². The molecule has 10 heteroatoms. The van der Waals surface area contributed by atoms with E-state index in [0.717, 1.165) is 4.47 Å². The molecule has 0 N–H and O–H groups in total. The van der Waals surface area contributed by atoms with Crippen molar-refractivity contribution in [3.05, 3.63) is 108 Å². The average molecular weight is 553 g/mol. The normalized spacial score (nSPS) is 11.8. The topological polar surface area (TPSA) is 99.6 Å². The van der Waals surface area contributed by atoms with Crippen LogP contribution in [0.25, 0.3) is 10.9 Å². The fraction of sp³-hybridized carbons (Fsp3) is 0.192. The molecule has 1 heterocycles. The van der Waals surface area contributed by atoms with Crippen molar-refractivity contribution in [3.63, 3.8) is 0 Å². The van der Waals surface area contributed by atoms with Crippen molar-refractivity contribution < 1.29 is 14.1 Å². The summed E-state index contributed by atoms with van der Waals surface area (Å²) in [6, 6.07) is 15.4. The zero-order valence-corrected chi connectivity index (χ0v) is 21.3. The van der Waals surface area contributed by atoms with Crippen LogP contribution in [0.15, 0.2) is 75.0 Å². The van der Waals surface area contributed by atoms with Gasteiger partial charge < -0.3 is 4.74 Å². The molecule has 8 nitrogen and oxygen atoms in total. The maximum atomic E-state index is 13.6. The van der Waals surface area contributed by atoms with Crippen LogP contribution in [0.2, 0.25) is 0 Å². The van der Waals surface area contributed by atoms with Gasteiger partial charge in [0.25, 0.3) is 5.56 Å². The number of halogens is 2. The SMILES string of the molecule is CC(C)(C)c1nc2ccc(Br)cc2c(=O)n1N=Cc1cccc([N+](=O)[O-])c1OCc1cccc(F)c1. The quantitative estimate of drug-likeness (QED) is 0.167. The second-order valence-corrected chi connectivity index (χ2v) is 10.00. The number of nitro benzene ring substituents is 1. The number of benzene rings is 3. The molecule has 0 atom stereocenters. The van der Waals surface area contributed by atoms with Gasteiger partial charge in [0.15, 0.2) is 0 Å². The van der Waals surface area contributed by atoms with E-state index in [1.54, 1.807) is 30.3 Å². The molecule has 0 bridgehead atoms. The van der Waals surface area contributed by atoms with E-state index in [1.165, 1.54) is 41.2 Å². The highest BCUT2D eigenvalue weighted by atomic mass is 79.9. The molecule has 4 rings (SSSR count). The molecule has 3 aromatic carbocycles. The van der Waals surface area contributed by atoms with Crippen LogP contribution in [-0.2, 0) is 12.0 Å². The third-order valence-corrected chi connectivity index (χ3v) is 5.78. The van der Waals surface area contributed by atoms with Gasteiger partial charge >= 0.3 is 5.69 Å². The van der Waals surface area contributed by atoms with Crippen molar-refractivity contribution in [2.24, 2.45) is 5.10 Å². The Morgan fingerprint density at radius 3 is 2.61 bits per heavy atom. The molecule has 36 heavy (non-hydrogen) atoms. The third-order valence-electron chi connectivity index (χ3n) is 5.29. The summed E-state index contributed by atoms with van der Waals surface area (Å²) < 4.78 is 21.3. The molecule has 0 radical (unpaired) electrons. The minimum absolute atomic E-state index is 0.0441. The van der Waals surface area contributed by atoms with Crippen molar-refractivity contribution in [3.8, 4) is 5.75 Å². The number of rotatable bonds is 6. The molecule has 0 aliphatic carbocycles. The van der Waals surface area contributed by atoms with Gasteiger partial charge in [-0.2, -0.15) is 9.78 Å². The van der Waals surface area contributed by atoms with Crippen molar-refractivity contribution in [2.45, 2.75) is 32.8 Å². The fourth-order valence-electron chi connectivity index (χ4n) is 3.59. The fourth-order valence-corrected chi connectivity index (χ4v) is 3.95. The maximum Gasteiger partial charge on any atom is 0.311 e. The van der Waals surface area contributed by atoms with E-state index in [1.807, 2.05) is 20.8 Å². The van der Waals surface area contributed by atoms with Crippen LogP contribution in [0, 0.1) is 15.9 Å². The van der Waals surface area contributed by atoms with Crippen LogP contribution in [0.3, 0.4) is 0 Å². The Hall–Kier alpha value is -3.92. The van der Waals surface area contributed by atoms with Crippen molar-refractivity contribution >= 4 is 38.7 Å². The van der Waals surface area contributed by atoms with Gasteiger partial charge in [0.1, 0.15) is 18.2 Å². The van der Waals surface area contributed by atoms with Gasteiger partial charge in [-0.05, 0) is 42.0 Å². The number of hydrogen-bond donors (Lipinski definition) is 0. The number of para-hydroxylation sites is 1. The van der Waals surface area contributed by atoms with E-state index in [4.69, 9.17) is 4.74 Å². The van der Waals surface area contributed by atoms with E-state index in [0.29, 0.717) is 22.3 Å². The van der Waals surface area contributed by atoms with E-state index >= 15 is 0 Å². The number of ether oxygens (including phenoxy) is 1. The van der Waals surface area contributed by atoms with Crippen LogP contribution < -0.4 is 10.3 Å². The van der Waals surface area contributed by atoms with Gasteiger partial charge in [-0.3, -0.25) is 14.9 Å². The monoisotopic (exact) mass is 552 g/mol. The predicted octanol–water partition coefficient (Wildman–Crippen LogP) is 5.97. The third kappa shape index (κ3) is 5.33. The Bertz CT molecular complexity index is 1560. The lowest BCUT2D eigenvalue weighted by Crippen LogP contribution is -2.29. The first-order valence-corrected chi connectivity index (χ1v) is 11.8. The molecule has 0 amide bonds. The van der Waals surface area contributed by atoms with Gasteiger partial charge in [0.05, 0.1) is 22.0 Å². The van der Waals surface area contributed by atoms with E-state index in [-0.39, 0.29) is 29.2 Å². The molecule has 4 aromatic rings. The molecule has 0 saturated heterocycles. The largest absolute Gasteiger partial charge is 0.481 e. The van der Waals surface area contributed by atoms with Crippen molar-refractivity contribution in [1.82, 2.24) is 9.66 Å². The summed E-state index contributed by atoms with van der Waals surface area (Å²) in [6.07, 6.45) is 1.33. The molecule has 1 aromatic heterocycles. The lowest BCUT2D eigenvalue weighted by atomic mass is 9.95. The first-order chi connectivity index (χ1) is 17.0. The second kappa shape index (κ2) is 9.98. The average Bonchev–Trinajstić information content (AvgIpc) is 2.82. The summed E-state index contributed by atoms with van der Waals surface area (Å²) in [5, 5.41) is 16.4. The Morgan fingerprint density at radius 2 is 1.92 bits per heavy atom. The first-order valence-electron chi connectivity index (χ1n) is 11.0. The standard InChI is InChI=1S/C26H22BrFN4O4/c1-26(2,3)25-30-21-11-10-18(27)13-20(21)24(33)31(25)29-14-17-7-5-9-22(32(34)35)23(17)36-15-16-6-4-8-19(28)12-16/h4-14H,15H2,1-3H3. The lowest BCUT2D eigenvalue weighted by Gasteiger charge is -2.21. The Morgan fingerprint density at radius 1 is 1.17 bits per heavy atom. The molecular weight excluding hydrogens is 531 g/mol. The Labute approximate surface area is 214 Å². The predicted molar refractivity (Wildman–Crippen MR) is 139 cm³/mol. The van der Waals surface area contributed by atoms with Gasteiger partial charge in [0.2, 0.25) is 5.75 Å². The Balaban J connectivity index is 1.82. The second-order valence-electron chi connectivity index (χ2n) is 9.08. The van der Waals surface area contributed by atoms with Crippen molar-refractivity contribution in [1.29, 1.82) is 0 Å². The molecule has 0 aliphatic heterocycles. The van der Waals surface area contributed by atoms with Crippen LogP contribution in [0.5, 0.6) is 5.75 Å². The van der Waals surface area contributed by atoms with Crippen LogP contribution in [0.4, 0.5) is 10.1 Å². The van der Waals surface area contributed by atoms with E-state index in [2.05, 4.69) is 26.0 Å². The molecule has 0 saturated carbocycles. The van der Waals surface area contributed by atoms with Gasteiger partial charge in [-0.25, -0.2) is 9.37 Å². The smallest absolute Gasteiger partial charge is 0.311 e. The van der Waals surface area contributed by atoms with Gasteiger partial charge in [-0.1, -0.05) is 54.9 Å². The van der Waals surface area contributed by atoms with Crippen molar-refractivity contribution in [2.75, 3.05) is 0 Å². The molecular formula is C26H22BrFN4O4. The summed E-state index contributed by atoms with van der Waals surface area (Å²) in [4.78, 5) is 29.2. The number of aromatic nitrogens is 2. The summed E-state index contributed by atoms with van der Waals surface area (Å²) >= 11 is 3.38. The van der Waals surface area contributed by atoms with Crippen LogP contribution in [-0.4, -0.2) is 20.8 Å². The summed E-state index contributed by atoms with van der Waals surface area (Å²) in [5.74, 6) is -0.0615. The highest BCUT2D eigenvalue weighted by Crippen LogP contribution is 2.31. The molecule has 0 unspecified atom stereocenters. The van der Waals surface area contributed by atoms with Crippen LogP contribution >= 0.6 is 15.9 Å². The number of nitrogens with zero attached hydrogens (tertiary/aromatic N) is 4. The van der Waals surface area contributed by atoms with E-state index < -0.39 is 16.2 Å². The summed E-state index contributed by atoms with van der Waals surface area (Å²) in [7, 11) is 0. The highest BCUT2D eigenvalue weighted by molar-refractivity contribution is 9.10. The molecule has 0 spiro atoms. The zero-order chi connectivity index (χ0) is 26.0. The highest BCUT2D eigenvalue weighted by Gasteiger charge is 2.24. The molecule has 184 valence electrons. The van der Waals surface area contributed by atoms with Gasteiger partial charge in [0, 0.05) is 21.5 Å². The molecule has 0 fully saturated rings. The number of nitro groups is 1. The minimum Gasteiger partial charge on any atom is -0.481 e. The number of hydrogen-bond acceptors (Lipinski definition) is 6. The summed E-state index contributed by atoms with van der Waals surface area (Å²) in [5.41, 5.74) is 0.133. The van der Waals surface area contributed by atoms with Gasteiger partial charge in [-0.15, -0.1) is 0 Å². The number of fused-ring (bicyclic) bond motifs is 1. The summed E-state index contributed by atoms with van der Waals surface area (Å²) in [6.45, 7) is 5.63. The Kier molecular flexibility index (Phi) is 6.98.